The molecule has 1 aromatic heterocycles. The van der Waals surface area contributed by atoms with Crippen LogP contribution in [0.15, 0.2) is 24.5 Å². The molecule has 5 rings (SSSR count). The number of hydrogen-bond donors (Lipinski definition) is 0. The first kappa shape index (κ1) is 14.2. The van der Waals surface area contributed by atoms with Crippen molar-refractivity contribution in [2.24, 2.45) is 23.2 Å². The van der Waals surface area contributed by atoms with Gasteiger partial charge in [0.15, 0.2) is 0 Å². The first-order chi connectivity index (χ1) is 10.1. The van der Waals surface area contributed by atoms with Crippen LogP contribution in [-0.2, 0) is 0 Å². The molecule has 21 heavy (non-hydrogen) atoms. The molecule has 2 atom stereocenters. The first-order valence-electron chi connectivity index (χ1n) is 8.67. The zero-order chi connectivity index (χ0) is 14.4. The predicted molar refractivity (Wildman–Crippen MR) is 90.6 cm³/mol. The van der Waals surface area contributed by atoms with Crippen LogP contribution in [0, 0.1) is 23.2 Å². The summed E-state index contributed by atoms with van der Waals surface area (Å²) >= 11 is 4.05. The Kier molecular flexibility index (Phi) is 3.64. The fourth-order valence-corrected chi connectivity index (χ4v) is 7.00. The summed E-state index contributed by atoms with van der Waals surface area (Å²) in [6, 6.07) is 4.36. The summed E-state index contributed by atoms with van der Waals surface area (Å²) in [5, 5.41) is 0. The van der Waals surface area contributed by atoms with E-state index in [1.165, 1.54) is 31.2 Å². The van der Waals surface area contributed by atoms with E-state index in [9.17, 15) is 0 Å². The van der Waals surface area contributed by atoms with Crippen molar-refractivity contribution in [1.29, 1.82) is 0 Å². The molecule has 2 heteroatoms. The van der Waals surface area contributed by atoms with Gasteiger partial charge in [-0.25, -0.2) is 0 Å². The molecule has 0 aliphatic heterocycles. The van der Waals surface area contributed by atoms with Crippen LogP contribution in [0.2, 0.25) is 0 Å². The van der Waals surface area contributed by atoms with Crippen molar-refractivity contribution in [1.82, 2.24) is 4.98 Å². The highest BCUT2D eigenvalue weighted by atomic mass is 79.9. The Balaban J connectivity index is 1.48. The van der Waals surface area contributed by atoms with Crippen molar-refractivity contribution >= 4 is 15.9 Å². The quantitative estimate of drug-likeness (QED) is 0.650. The summed E-state index contributed by atoms with van der Waals surface area (Å²) in [4.78, 5) is 4.76. The third-order valence-corrected chi connectivity index (χ3v) is 7.68. The van der Waals surface area contributed by atoms with Crippen LogP contribution in [0.3, 0.4) is 0 Å². The van der Waals surface area contributed by atoms with Gasteiger partial charge in [-0.1, -0.05) is 22.9 Å². The Bertz CT molecular complexity index is 462. The van der Waals surface area contributed by atoms with Gasteiger partial charge in [0.2, 0.25) is 0 Å². The fraction of sp³-hybridized carbons (Fsp3) is 0.737. The first-order valence-corrected chi connectivity index (χ1v) is 9.59. The number of nitrogens with zero attached hydrogens (tertiary/aromatic N) is 1. The number of rotatable bonds is 4. The SMILES string of the molecule is CC(c1ccncc1)C(Br)CC12CC3CC(CC(C3)C1)C2. The van der Waals surface area contributed by atoms with Gasteiger partial charge in [0.05, 0.1) is 0 Å². The third kappa shape index (κ3) is 2.69. The molecular formula is C19H26BrN. The Labute approximate surface area is 137 Å². The number of pyridine rings is 1. The molecule has 1 heterocycles. The van der Waals surface area contributed by atoms with Crippen LogP contribution < -0.4 is 0 Å². The number of hydrogen-bond acceptors (Lipinski definition) is 1. The van der Waals surface area contributed by atoms with Crippen molar-refractivity contribution in [3.63, 3.8) is 0 Å². The van der Waals surface area contributed by atoms with Crippen molar-refractivity contribution in [2.45, 2.75) is 62.6 Å². The maximum atomic E-state index is 4.15. The van der Waals surface area contributed by atoms with Crippen LogP contribution in [0.5, 0.6) is 0 Å². The molecule has 114 valence electrons. The molecule has 0 spiro atoms. The van der Waals surface area contributed by atoms with Crippen LogP contribution in [-0.4, -0.2) is 9.81 Å². The van der Waals surface area contributed by atoms with Crippen LogP contribution >= 0.6 is 15.9 Å². The summed E-state index contributed by atoms with van der Waals surface area (Å²) in [6.07, 6.45) is 14.4. The maximum absolute atomic E-state index is 4.15. The Morgan fingerprint density at radius 2 is 1.62 bits per heavy atom. The Morgan fingerprint density at radius 1 is 1.10 bits per heavy atom. The lowest BCUT2D eigenvalue weighted by atomic mass is 9.48. The number of halogens is 1. The molecule has 4 saturated carbocycles. The van der Waals surface area contributed by atoms with Crippen molar-refractivity contribution in [3.05, 3.63) is 30.1 Å². The van der Waals surface area contributed by atoms with Gasteiger partial charge >= 0.3 is 0 Å². The minimum atomic E-state index is 0.584. The highest BCUT2D eigenvalue weighted by molar-refractivity contribution is 9.09. The predicted octanol–water partition coefficient (Wildman–Crippen LogP) is 5.56. The van der Waals surface area contributed by atoms with Crippen LogP contribution in [0.25, 0.3) is 0 Å². The highest BCUT2D eigenvalue weighted by Crippen LogP contribution is 2.62. The average molecular weight is 348 g/mol. The molecule has 2 unspecified atom stereocenters. The zero-order valence-electron chi connectivity index (χ0n) is 13.0. The van der Waals surface area contributed by atoms with Crippen LogP contribution in [0.1, 0.15) is 63.4 Å². The van der Waals surface area contributed by atoms with Crippen molar-refractivity contribution in [3.8, 4) is 0 Å². The lowest BCUT2D eigenvalue weighted by Crippen LogP contribution is -2.47. The smallest absolute Gasteiger partial charge is 0.0270 e. The van der Waals surface area contributed by atoms with Crippen LogP contribution in [0.4, 0.5) is 0 Å². The lowest BCUT2D eigenvalue weighted by Gasteiger charge is -2.57. The van der Waals surface area contributed by atoms with Gasteiger partial charge in [-0.05, 0) is 91.7 Å². The Morgan fingerprint density at radius 3 is 2.14 bits per heavy atom. The van der Waals surface area contributed by atoms with Gasteiger partial charge in [0.25, 0.3) is 0 Å². The molecule has 0 saturated heterocycles. The molecule has 0 amide bonds. The molecule has 0 aromatic carbocycles. The molecule has 1 aromatic rings. The molecule has 0 radical (unpaired) electrons. The summed E-state index contributed by atoms with van der Waals surface area (Å²) in [6.45, 7) is 2.37. The van der Waals surface area contributed by atoms with Gasteiger partial charge < -0.3 is 0 Å². The molecular weight excluding hydrogens is 322 g/mol. The van der Waals surface area contributed by atoms with Gasteiger partial charge in [0.1, 0.15) is 0 Å². The largest absolute Gasteiger partial charge is 0.265 e. The van der Waals surface area contributed by atoms with E-state index in [0.717, 1.165) is 17.8 Å². The lowest BCUT2D eigenvalue weighted by molar-refractivity contribution is -0.0575. The number of alkyl halides is 1. The second-order valence-electron chi connectivity index (χ2n) is 8.21. The minimum absolute atomic E-state index is 0.584. The van der Waals surface area contributed by atoms with E-state index in [0.29, 0.717) is 16.2 Å². The summed E-state index contributed by atoms with van der Waals surface area (Å²) < 4.78 is 0. The molecule has 0 N–H and O–H groups in total. The molecule has 1 nitrogen and oxygen atoms in total. The van der Waals surface area contributed by atoms with E-state index in [1.807, 2.05) is 12.4 Å². The summed E-state index contributed by atoms with van der Waals surface area (Å²) in [5.74, 6) is 3.77. The highest BCUT2D eigenvalue weighted by Gasteiger charge is 2.51. The molecule has 4 bridgehead atoms. The van der Waals surface area contributed by atoms with E-state index in [4.69, 9.17) is 0 Å². The monoisotopic (exact) mass is 347 g/mol. The normalized spacial score (nSPS) is 40.2. The van der Waals surface area contributed by atoms with E-state index in [-0.39, 0.29) is 0 Å². The maximum Gasteiger partial charge on any atom is 0.0270 e. The fourth-order valence-electron chi connectivity index (χ4n) is 6.01. The molecule has 4 fully saturated rings. The van der Waals surface area contributed by atoms with Gasteiger partial charge in [-0.15, -0.1) is 0 Å². The number of aromatic nitrogens is 1. The average Bonchev–Trinajstić information content (AvgIpc) is 2.45. The summed E-state index contributed by atoms with van der Waals surface area (Å²) in [7, 11) is 0. The van der Waals surface area contributed by atoms with Crippen molar-refractivity contribution in [2.75, 3.05) is 0 Å². The topological polar surface area (TPSA) is 12.9 Å². The van der Waals surface area contributed by atoms with E-state index in [2.05, 4.69) is 40.0 Å². The van der Waals surface area contributed by atoms with E-state index >= 15 is 0 Å². The Hall–Kier alpha value is -0.370. The van der Waals surface area contributed by atoms with Gasteiger partial charge in [0, 0.05) is 17.2 Å². The summed E-state index contributed by atoms with van der Waals surface area (Å²) in [5.41, 5.74) is 2.10. The second kappa shape index (κ2) is 5.37. The van der Waals surface area contributed by atoms with Gasteiger partial charge in [-0.3, -0.25) is 4.98 Å². The minimum Gasteiger partial charge on any atom is -0.265 e. The second-order valence-corrected chi connectivity index (χ2v) is 9.38. The molecule has 4 aliphatic carbocycles. The van der Waals surface area contributed by atoms with E-state index in [1.54, 1.807) is 19.3 Å². The standard InChI is InChI=1S/C19H26BrN/c1-13(17-2-4-21-5-3-17)18(20)12-19-9-14-6-15(10-19)8-16(7-14)11-19/h2-5,13-16,18H,6-12H2,1H3. The van der Waals surface area contributed by atoms with Crippen molar-refractivity contribution < 1.29 is 0 Å². The molecule has 4 aliphatic rings. The zero-order valence-corrected chi connectivity index (χ0v) is 14.6. The van der Waals surface area contributed by atoms with E-state index < -0.39 is 0 Å². The third-order valence-electron chi connectivity index (χ3n) is 6.57. The van der Waals surface area contributed by atoms with Gasteiger partial charge in [-0.2, -0.15) is 0 Å².